The van der Waals surface area contributed by atoms with E-state index in [0.717, 1.165) is 5.01 Å². The van der Waals surface area contributed by atoms with Gasteiger partial charge in [-0.05, 0) is 19.1 Å². The molecule has 0 aliphatic rings. The highest BCUT2D eigenvalue weighted by molar-refractivity contribution is 7.99. The first-order valence-corrected chi connectivity index (χ1v) is 11.8. The van der Waals surface area contributed by atoms with Gasteiger partial charge in [0, 0.05) is 12.5 Å². The minimum absolute atomic E-state index is 0.158. The number of para-hydroxylation sites is 1. The minimum atomic E-state index is -0.397. The maximum Gasteiger partial charge on any atom is 0.236 e. The van der Waals surface area contributed by atoms with Crippen LogP contribution in [0.4, 0.5) is 5.13 Å². The fraction of sp³-hybridized carbons (Fsp3) is 0.350. The highest BCUT2D eigenvalue weighted by Crippen LogP contribution is 2.29. The maximum atomic E-state index is 12.3. The Balaban J connectivity index is 1.66. The van der Waals surface area contributed by atoms with Gasteiger partial charge in [0.1, 0.15) is 10.8 Å². The van der Waals surface area contributed by atoms with Crippen LogP contribution in [-0.4, -0.2) is 36.6 Å². The second-order valence-corrected chi connectivity index (χ2v) is 9.23. The smallest absolute Gasteiger partial charge is 0.236 e. The molecule has 3 aromatic rings. The number of rotatable bonds is 10. The number of hydrogen-bond donors (Lipinski definition) is 1. The summed E-state index contributed by atoms with van der Waals surface area (Å²) in [5.41, 5.74) is 0. The number of halogens is 1. The second kappa shape index (κ2) is 10.7. The summed E-state index contributed by atoms with van der Waals surface area (Å²) in [4.78, 5) is 12.3. The van der Waals surface area contributed by atoms with Crippen molar-refractivity contribution in [2.45, 2.75) is 44.5 Å². The summed E-state index contributed by atoms with van der Waals surface area (Å²) in [6.45, 7) is 10.2. The van der Waals surface area contributed by atoms with Crippen molar-refractivity contribution in [1.29, 1.82) is 0 Å². The summed E-state index contributed by atoms with van der Waals surface area (Å²) in [5, 5.41) is 21.9. The molecule has 0 aliphatic heterocycles. The number of thioether (sulfide) groups is 1. The summed E-state index contributed by atoms with van der Waals surface area (Å²) < 4.78 is 7.84. The Labute approximate surface area is 194 Å². The Kier molecular flexibility index (Phi) is 8.05. The summed E-state index contributed by atoms with van der Waals surface area (Å²) in [6, 6.07) is 7.25. The van der Waals surface area contributed by atoms with E-state index in [1.54, 1.807) is 18.2 Å². The number of aromatic nitrogens is 5. The molecule has 0 aliphatic carbocycles. The number of benzene rings is 1. The van der Waals surface area contributed by atoms with Gasteiger partial charge >= 0.3 is 0 Å². The van der Waals surface area contributed by atoms with Crippen molar-refractivity contribution in [3.8, 4) is 5.75 Å². The average Bonchev–Trinajstić information content (AvgIpc) is 3.36. The lowest BCUT2D eigenvalue weighted by Gasteiger charge is -2.16. The van der Waals surface area contributed by atoms with Crippen LogP contribution in [0.15, 0.2) is 42.1 Å². The lowest BCUT2D eigenvalue weighted by molar-refractivity contribution is -0.113. The van der Waals surface area contributed by atoms with Crippen molar-refractivity contribution >= 4 is 45.7 Å². The van der Waals surface area contributed by atoms with E-state index < -0.39 is 6.10 Å². The molecule has 1 N–H and O–H groups in total. The average molecular weight is 479 g/mol. The molecule has 0 fully saturated rings. The molecule has 0 bridgehead atoms. The van der Waals surface area contributed by atoms with Crippen molar-refractivity contribution in [3.05, 3.63) is 52.8 Å². The molecule has 0 saturated heterocycles. The first-order chi connectivity index (χ1) is 14.9. The molecule has 0 spiro atoms. The topological polar surface area (TPSA) is 94.8 Å². The zero-order valence-corrected chi connectivity index (χ0v) is 19.8. The van der Waals surface area contributed by atoms with Gasteiger partial charge in [-0.1, -0.05) is 66.8 Å². The standard InChI is InChI=1S/C20H23ClN6O2S2/c1-5-10-27-17(13(4)29-15-9-7-6-8-14(15)21)23-26-20(27)30-11-16(28)22-19-25-24-18(31-19)12(2)3/h5-9,12-13H,1,10-11H2,2-4H3,(H,22,25,28). The van der Waals surface area contributed by atoms with E-state index in [9.17, 15) is 4.79 Å². The molecule has 2 aromatic heterocycles. The third-order valence-corrected chi connectivity index (χ3v) is 6.49. The quantitative estimate of drug-likeness (QED) is 0.325. The zero-order chi connectivity index (χ0) is 22.4. The fourth-order valence-corrected chi connectivity index (χ4v) is 4.29. The molecular weight excluding hydrogens is 456 g/mol. The molecule has 1 amide bonds. The number of hydrogen-bond acceptors (Lipinski definition) is 8. The number of amides is 1. The van der Waals surface area contributed by atoms with Crippen LogP contribution < -0.4 is 10.1 Å². The molecular formula is C20H23ClN6O2S2. The number of nitrogens with one attached hydrogen (secondary N) is 1. The third-order valence-electron chi connectivity index (χ3n) is 4.07. The van der Waals surface area contributed by atoms with Crippen molar-refractivity contribution in [3.63, 3.8) is 0 Å². The molecule has 0 saturated carbocycles. The van der Waals surface area contributed by atoms with Crippen molar-refractivity contribution in [2.75, 3.05) is 11.1 Å². The molecule has 8 nitrogen and oxygen atoms in total. The van der Waals surface area contributed by atoms with E-state index in [1.807, 2.05) is 37.5 Å². The summed E-state index contributed by atoms with van der Waals surface area (Å²) >= 11 is 8.85. The monoisotopic (exact) mass is 478 g/mol. The molecule has 1 atom stereocenters. The summed E-state index contributed by atoms with van der Waals surface area (Å²) in [7, 11) is 0. The van der Waals surface area contributed by atoms with E-state index in [1.165, 1.54) is 23.1 Å². The van der Waals surface area contributed by atoms with Crippen LogP contribution in [0.2, 0.25) is 5.02 Å². The predicted molar refractivity (Wildman–Crippen MR) is 124 cm³/mol. The first kappa shape index (κ1) is 23.2. The number of allylic oxidation sites excluding steroid dienone is 1. The van der Waals surface area contributed by atoms with Crippen LogP contribution in [-0.2, 0) is 11.3 Å². The third kappa shape index (κ3) is 6.05. The van der Waals surface area contributed by atoms with E-state index in [0.29, 0.717) is 33.4 Å². The number of carbonyl (C=O) groups excluding carboxylic acids is 1. The van der Waals surface area contributed by atoms with E-state index >= 15 is 0 Å². The maximum absolute atomic E-state index is 12.3. The van der Waals surface area contributed by atoms with Gasteiger partial charge in [0.15, 0.2) is 17.1 Å². The Bertz CT molecular complexity index is 1050. The summed E-state index contributed by atoms with van der Waals surface area (Å²) in [6.07, 6.45) is 1.35. The van der Waals surface area contributed by atoms with Gasteiger partial charge in [-0.2, -0.15) is 0 Å². The van der Waals surface area contributed by atoms with Gasteiger partial charge in [-0.3, -0.25) is 14.7 Å². The van der Waals surface area contributed by atoms with Crippen LogP contribution in [0.3, 0.4) is 0 Å². The van der Waals surface area contributed by atoms with Crippen LogP contribution in [0.25, 0.3) is 0 Å². The van der Waals surface area contributed by atoms with Gasteiger partial charge in [0.2, 0.25) is 11.0 Å². The van der Waals surface area contributed by atoms with Gasteiger partial charge < -0.3 is 4.74 Å². The summed E-state index contributed by atoms with van der Waals surface area (Å²) in [5.74, 6) is 1.42. The molecule has 1 aromatic carbocycles. The molecule has 11 heteroatoms. The molecule has 3 rings (SSSR count). The second-order valence-electron chi connectivity index (χ2n) is 6.87. The Hall–Kier alpha value is -2.43. The van der Waals surface area contributed by atoms with Crippen molar-refractivity contribution < 1.29 is 9.53 Å². The van der Waals surface area contributed by atoms with Gasteiger partial charge in [-0.25, -0.2) is 0 Å². The van der Waals surface area contributed by atoms with E-state index in [4.69, 9.17) is 16.3 Å². The van der Waals surface area contributed by atoms with Crippen LogP contribution in [0.5, 0.6) is 5.75 Å². The Morgan fingerprint density at radius 2 is 2.06 bits per heavy atom. The predicted octanol–water partition coefficient (Wildman–Crippen LogP) is 4.96. The van der Waals surface area contributed by atoms with Crippen molar-refractivity contribution in [1.82, 2.24) is 25.0 Å². The Morgan fingerprint density at radius 1 is 1.29 bits per heavy atom. The SMILES string of the molecule is C=CCn1c(SCC(=O)Nc2nnc(C(C)C)s2)nnc1C(C)Oc1ccccc1Cl. The van der Waals surface area contributed by atoms with Crippen molar-refractivity contribution in [2.24, 2.45) is 0 Å². The highest BCUT2D eigenvalue weighted by Gasteiger charge is 2.21. The van der Waals surface area contributed by atoms with E-state index in [2.05, 4.69) is 32.3 Å². The molecule has 164 valence electrons. The number of anilines is 1. The first-order valence-electron chi connectivity index (χ1n) is 9.60. The van der Waals surface area contributed by atoms with Gasteiger partial charge in [-0.15, -0.1) is 27.0 Å². The van der Waals surface area contributed by atoms with Gasteiger partial charge in [0.25, 0.3) is 0 Å². The fourth-order valence-electron chi connectivity index (χ4n) is 2.60. The molecule has 1 unspecified atom stereocenters. The van der Waals surface area contributed by atoms with Crippen LogP contribution in [0.1, 0.15) is 43.6 Å². The lowest BCUT2D eigenvalue weighted by Crippen LogP contribution is -2.15. The highest BCUT2D eigenvalue weighted by atomic mass is 35.5. The molecule has 0 radical (unpaired) electrons. The number of nitrogens with zero attached hydrogens (tertiary/aromatic N) is 5. The molecule has 2 heterocycles. The van der Waals surface area contributed by atoms with Crippen LogP contribution >= 0.6 is 34.7 Å². The normalized spacial score (nSPS) is 12.0. The number of ether oxygens (including phenoxy) is 1. The molecule has 31 heavy (non-hydrogen) atoms. The number of carbonyl (C=O) groups is 1. The zero-order valence-electron chi connectivity index (χ0n) is 17.4. The van der Waals surface area contributed by atoms with Gasteiger partial charge in [0.05, 0.1) is 10.8 Å². The van der Waals surface area contributed by atoms with Crippen LogP contribution in [0, 0.1) is 0 Å². The minimum Gasteiger partial charge on any atom is -0.481 e. The van der Waals surface area contributed by atoms with E-state index in [-0.39, 0.29) is 17.6 Å². The largest absolute Gasteiger partial charge is 0.481 e. The lowest BCUT2D eigenvalue weighted by atomic mass is 10.2. The Morgan fingerprint density at radius 3 is 2.74 bits per heavy atom.